The van der Waals surface area contributed by atoms with Gasteiger partial charge in [0.25, 0.3) is 0 Å². The van der Waals surface area contributed by atoms with Crippen LogP contribution in [-0.2, 0) is 4.74 Å². The Morgan fingerprint density at radius 3 is 3.21 bits per heavy atom. The van der Waals surface area contributed by atoms with Crippen molar-refractivity contribution in [3.8, 4) is 0 Å². The van der Waals surface area contributed by atoms with Crippen LogP contribution in [0.25, 0.3) is 0 Å². The summed E-state index contributed by atoms with van der Waals surface area (Å²) in [5, 5.41) is 2.88. The predicted molar refractivity (Wildman–Crippen MR) is 58.6 cm³/mol. The molecule has 0 aliphatic heterocycles. The number of ether oxygens (including phenoxy) is 1. The van der Waals surface area contributed by atoms with Gasteiger partial charge in [-0.05, 0) is 12.2 Å². The first-order valence-electron chi connectivity index (χ1n) is 4.33. The van der Waals surface area contributed by atoms with Crippen LogP contribution in [0.1, 0.15) is 6.42 Å². The van der Waals surface area contributed by atoms with Crippen molar-refractivity contribution in [1.82, 2.24) is 5.32 Å². The van der Waals surface area contributed by atoms with E-state index in [0.29, 0.717) is 19.6 Å². The van der Waals surface area contributed by atoms with Crippen LogP contribution in [0.3, 0.4) is 0 Å². The number of allylic oxidation sites excluding steroid dienone is 4. The molecule has 0 bridgehead atoms. The maximum absolute atomic E-state index is 11.5. The summed E-state index contributed by atoms with van der Waals surface area (Å²) in [5.74, 6) is 0.722. The molecule has 76 valence electrons. The van der Waals surface area contributed by atoms with Crippen LogP contribution < -0.4 is 5.32 Å². The highest BCUT2D eigenvalue weighted by Gasteiger charge is 2.06. The molecule has 0 unspecified atom stereocenters. The molecule has 0 saturated carbocycles. The van der Waals surface area contributed by atoms with Gasteiger partial charge in [0.2, 0.25) is 0 Å². The largest absolute Gasteiger partial charge is 0.477 e. The van der Waals surface area contributed by atoms with Gasteiger partial charge in [-0.15, -0.1) is 0 Å². The number of thiocarbonyl (C=S) groups is 1. The summed E-state index contributed by atoms with van der Waals surface area (Å²) in [4.78, 5) is 0.801. The molecule has 0 aromatic rings. The molecule has 1 N–H and O–H groups in total. The second-order valence-corrected chi connectivity index (χ2v) is 3.18. The summed E-state index contributed by atoms with van der Waals surface area (Å²) in [7, 11) is 0. The van der Waals surface area contributed by atoms with E-state index in [1.54, 1.807) is 0 Å². The Bertz CT molecular complexity index is 284. The third-order valence-electron chi connectivity index (χ3n) is 1.64. The molecule has 0 fully saturated rings. The Balaban J connectivity index is 2.20. The zero-order chi connectivity index (χ0) is 10.2. The van der Waals surface area contributed by atoms with Crippen molar-refractivity contribution in [3.05, 3.63) is 36.4 Å². The highest BCUT2D eigenvalue weighted by Crippen LogP contribution is 2.10. The van der Waals surface area contributed by atoms with E-state index >= 15 is 0 Å². The van der Waals surface area contributed by atoms with Crippen LogP contribution in [0.5, 0.6) is 0 Å². The predicted octanol–water partition coefficient (Wildman–Crippen LogP) is 2.25. The second kappa shape index (κ2) is 6.45. The minimum atomic E-state index is 0.337. The summed E-state index contributed by atoms with van der Waals surface area (Å²) >= 11 is 5.08. The molecular formula is C10H12FNOS. The van der Waals surface area contributed by atoms with Crippen molar-refractivity contribution in [1.29, 1.82) is 0 Å². The fourth-order valence-corrected chi connectivity index (χ4v) is 1.19. The first-order valence-corrected chi connectivity index (χ1v) is 4.74. The van der Waals surface area contributed by atoms with E-state index < -0.39 is 0 Å². The highest BCUT2D eigenvalue weighted by atomic mass is 32.1. The van der Waals surface area contributed by atoms with Crippen LogP contribution in [-0.4, -0.2) is 18.1 Å². The molecule has 0 atom stereocenters. The molecule has 0 aromatic carbocycles. The van der Waals surface area contributed by atoms with Crippen LogP contribution in [0.2, 0.25) is 0 Å². The van der Waals surface area contributed by atoms with E-state index in [0.717, 1.165) is 17.0 Å². The first-order chi connectivity index (χ1) is 6.84. The number of nitrogens with one attached hydrogen (secondary N) is 1. The summed E-state index contributed by atoms with van der Waals surface area (Å²) < 4.78 is 16.9. The van der Waals surface area contributed by atoms with Gasteiger partial charge in [-0.25, -0.2) is 4.39 Å². The Morgan fingerprint density at radius 1 is 1.64 bits per heavy atom. The smallest absolute Gasteiger partial charge is 0.139 e. The lowest BCUT2D eigenvalue weighted by molar-refractivity contribution is 0.209. The van der Waals surface area contributed by atoms with Crippen molar-refractivity contribution in [3.63, 3.8) is 0 Å². The molecule has 1 aliphatic carbocycles. The average Bonchev–Trinajstić information content (AvgIpc) is 2.20. The molecule has 0 amide bonds. The van der Waals surface area contributed by atoms with E-state index in [-0.39, 0.29) is 0 Å². The molecule has 1 aliphatic rings. The van der Waals surface area contributed by atoms with E-state index in [2.05, 4.69) is 5.32 Å². The van der Waals surface area contributed by atoms with Crippen LogP contribution in [0.15, 0.2) is 36.4 Å². The molecule has 0 radical (unpaired) electrons. The molecular weight excluding hydrogens is 201 g/mol. The van der Waals surface area contributed by atoms with Gasteiger partial charge in [-0.3, -0.25) is 5.32 Å². The van der Waals surface area contributed by atoms with E-state index in [1.165, 1.54) is 6.08 Å². The standard InChI is InChI=1S/C10H12FNOS/c11-6-3-7-12-8-13-9-4-1-2-5-10(9)14/h1-4,6,12H,5,7-8H2/b6-3+. The van der Waals surface area contributed by atoms with Crippen molar-refractivity contribution >= 4 is 17.1 Å². The molecule has 0 saturated heterocycles. The van der Waals surface area contributed by atoms with Crippen molar-refractivity contribution in [2.24, 2.45) is 0 Å². The van der Waals surface area contributed by atoms with Crippen molar-refractivity contribution in [2.45, 2.75) is 6.42 Å². The van der Waals surface area contributed by atoms with Gasteiger partial charge >= 0.3 is 0 Å². The maximum Gasteiger partial charge on any atom is 0.139 e. The van der Waals surface area contributed by atoms with Gasteiger partial charge in [0.15, 0.2) is 0 Å². The molecule has 1 rings (SSSR count). The maximum atomic E-state index is 11.5. The summed E-state index contributed by atoms with van der Waals surface area (Å²) in [6.45, 7) is 0.788. The summed E-state index contributed by atoms with van der Waals surface area (Å²) in [5.41, 5.74) is 0. The molecule has 2 nitrogen and oxygen atoms in total. The monoisotopic (exact) mass is 213 g/mol. The van der Waals surface area contributed by atoms with Gasteiger partial charge < -0.3 is 4.74 Å². The van der Waals surface area contributed by atoms with Gasteiger partial charge in [-0.2, -0.15) is 0 Å². The van der Waals surface area contributed by atoms with Crippen molar-refractivity contribution in [2.75, 3.05) is 13.3 Å². The minimum absolute atomic E-state index is 0.337. The minimum Gasteiger partial charge on any atom is -0.477 e. The fraction of sp³-hybridized carbons (Fsp3) is 0.300. The van der Waals surface area contributed by atoms with E-state index in [1.807, 2.05) is 18.2 Å². The SMILES string of the molecule is F/C=C/CNCOC1=CC=CCC1=S. The molecule has 0 heterocycles. The lowest BCUT2D eigenvalue weighted by Crippen LogP contribution is -2.19. The molecule has 4 heteroatoms. The fourth-order valence-electron chi connectivity index (χ4n) is 0.968. The third kappa shape index (κ3) is 3.81. The third-order valence-corrected chi connectivity index (χ3v) is 2.01. The number of hydrogen-bond donors (Lipinski definition) is 1. The normalized spacial score (nSPS) is 16.1. The number of halogens is 1. The van der Waals surface area contributed by atoms with Crippen molar-refractivity contribution < 1.29 is 9.13 Å². The van der Waals surface area contributed by atoms with Crippen LogP contribution in [0.4, 0.5) is 4.39 Å². The van der Waals surface area contributed by atoms with Crippen LogP contribution in [0, 0.1) is 0 Å². The molecule has 0 aromatic heterocycles. The lowest BCUT2D eigenvalue weighted by atomic mass is 10.2. The topological polar surface area (TPSA) is 21.3 Å². The van der Waals surface area contributed by atoms with Crippen LogP contribution >= 0.6 is 12.2 Å². The summed E-state index contributed by atoms with van der Waals surface area (Å²) in [6, 6.07) is 0. The average molecular weight is 213 g/mol. The first kappa shape index (κ1) is 11.1. The van der Waals surface area contributed by atoms with E-state index in [9.17, 15) is 4.39 Å². The summed E-state index contributed by atoms with van der Waals surface area (Å²) in [6.07, 6.45) is 8.35. The Hall–Kier alpha value is -1.00. The van der Waals surface area contributed by atoms with Gasteiger partial charge in [0.1, 0.15) is 12.5 Å². The van der Waals surface area contributed by atoms with Gasteiger partial charge in [0, 0.05) is 13.0 Å². The Morgan fingerprint density at radius 2 is 2.50 bits per heavy atom. The van der Waals surface area contributed by atoms with Gasteiger partial charge in [0.05, 0.1) is 11.2 Å². The quantitative estimate of drug-likeness (QED) is 0.430. The van der Waals surface area contributed by atoms with E-state index in [4.69, 9.17) is 17.0 Å². The second-order valence-electron chi connectivity index (χ2n) is 2.69. The molecule has 14 heavy (non-hydrogen) atoms. The Kier molecular flexibility index (Phi) is 5.11. The zero-order valence-corrected chi connectivity index (χ0v) is 8.52. The zero-order valence-electron chi connectivity index (χ0n) is 7.70. The number of rotatable bonds is 5. The van der Waals surface area contributed by atoms with Gasteiger partial charge in [-0.1, -0.05) is 24.4 Å². The number of hydrogen-bond acceptors (Lipinski definition) is 3. The lowest BCUT2D eigenvalue weighted by Gasteiger charge is -2.12. The molecule has 0 spiro atoms. The Labute approximate surface area is 88.1 Å². The highest BCUT2D eigenvalue weighted by molar-refractivity contribution is 7.80.